The Morgan fingerprint density at radius 3 is 2.05 bits per heavy atom. The normalized spacial score (nSPS) is 17.0. The van der Waals surface area contributed by atoms with Crippen molar-refractivity contribution in [3.8, 4) is 5.75 Å². The Morgan fingerprint density at radius 1 is 1.14 bits per heavy atom. The lowest BCUT2D eigenvalue weighted by Crippen LogP contribution is -2.50. The van der Waals surface area contributed by atoms with E-state index >= 15 is 0 Å². The van der Waals surface area contributed by atoms with Crippen molar-refractivity contribution in [1.82, 2.24) is 0 Å². The summed E-state index contributed by atoms with van der Waals surface area (Å²) >= 11 is 0. The summed E-state index contributed by atoms with van der Waals surface area (Å²) in [6, 6.07) is 7.83. The van der Waals surface area contributed by atoms with Crippen LogP contribution in [-0.2, 0) is 20.2 Å². The van der Waals surface area contributed by atoms with E-state index in [1.807, 2.05) is 0 Å². The van der Waals surface area contributed by atoms with E-state index < -0.39 is 30.2 Å². The molecule has 0 aromatic heterocycles. The fourth-order valence-electron chi connectivity index (χ4n) is 2.19. The SMILES string of the molecule is CCC(C(C)(CC)S(=O)(=O)O)S(=O)(=O)Oc1ccccc1. The zero-order chi connectivity index (χ0) is 16.3. The van der Waals surface area contributed by atoms with Crippen LogP contribution in [0.1, 0.15) is 33.6 Å². The molecule has 8 heteroatoms. The molecule has 0 amide bonds. The Hall–Kier alpha value is -1.12. The van der Waals surface area contributed by atoms with Gasteiger partial charge >= 0.3 is 10.1 Å². The molecular weight excluding hydrogens is 316 g/mol. The fourth-order valence-corrected chi connectivity index (χ4v) is 5.45. The summed E-state index contributed by atoms with van der Waals surface area (Å²) in [5, 5.41) is -1.37. The highest BCUT2D eigenvalue weighted by molar-refractivity contribution is 7.91. The molecule has 1 N–H and O–H groups in total. The van der Waals surface area contributed by atoms with Crippen molar-refractivity contribution < 1.29 is 25.6 Å². The average molecular weight is 336 g/mol. The second kappa shape index (κ2) is 6.33. The zero-order valence-corrected chi connectivity index (χ0v) is 13.8. The van der Waals surface area contributed by atoms with Gasteiger partial charge in [0, 0.05) is 0 Å². The maximum atomic E-state index is 12.4. The summed E-state index contributed by atoms with van der Waals surface area (Å²) < 4.78 is 60.6. The summed E-state index contributed by atoms with van der Waals surface area (Å²) in [6.45, 7) is 4.26. The number of rotatable bonds is 7. The number of benzene rings is 1. The number of para-hydroxylation sites is 1. The van der Waals surface area contributed by atoms with Crippen LogP contribution in [0.2, 0.25) is 0 Å². The van der Waals surface area contributed by atoms with E-state index in [0.29, 0.717) is 0 Å². The molecule has 0 aliphatic rings. The topological polar surface area (TPSA) is 97.7 Å². The van der Waals surface area contributed by atoms with Crippen molar-refractivity contribution >= 4 is 20.2 Å². The molecule has 0 saturated carbocycles. The van der Waals surface area contributed by atoms with Gasteiger partial charge in [-0.15, -0.1) is 0 Å². The lowest BCUT2D eigenvalue weighted by Gasteiger charge is -2.32. The lowest BCUT2D eigenvalue weighted by atomic mass is 10.0. The summed E-state index contributed by atoms with van der Waals surface area (Å²) in [5.74, 6) is 0.102. The van der Waals surface area contributed by atoms with E-state index in [2.05, 4.69) is 0 Å². The minimum atomic E-state index is -4.56. The second-order valence-electron chi connectivity index (χ2n) is 4.93. The predicted octanol–water partition coefficient (Wildman–Crippen LogP) is 2.23. The van der Waals surface area contributed by atoms with E-state index in [1.165, 1.54) is 32.9 Å². The summed E-state index contributed by atoms with van der Waals surface area (Å²) in [5.41, 5.74) is 0. The van der Waals surface area contributed by atoms with Gasteiger partial charge in [-0.2, -0.15) is 16.8 Å². The van der Waals surface area contributed by atoms with Crippen molar-refractivity contribution in [1.29, 1.82) is 0 Å². The molecule has 1 aromatic carbocycles. The summed E-state index contributed by atoms with van der Waals surface area (Å²) in [7, 11) is -8.78. The Morgan fingerprint density at radius 2 is 1.67 bits per heavy atom. The standard InChI is InChI=1S/C13H20O6S2/c1-4-12(13(3,5-2)21(16,17)18)20(14,15)19-11-9-7-6-8-10-11/h6-10,12H,4-5H2,1-3H3,(H,16,17,18). The summed E-state index contributed by atoms with van der Waals surface area (Å²) in [6.07, 6.45) is -0.0545. The fraction of sp³-hybridized carbons (Fsp3) is 0.538. The molecule has 0 fully saturated rings. The third-order valence-electron chi connectivity index (χ3n) is 3.65. The summed E-state index contributed by atoms with van der Waals surface area (Å²) in [4.78, 5) is 0. The minimum absolute atomic E-state index is 0.000698. The van der Waals surface area contributed by atoms with E-state index in [4.69, 9.17) is 4.18 Å². The molecule has 1 aromatic rings. The van der Waals surface area contributed by atoms with Crippen LogP contribution in [0.25, 0.3) is 0 Å². The molecule has 0 aliphatic carbocycles. The molecule has 2 atom stereocenters. The molecule has 0 aliphatic heterocycles. The average Bonchev–Trinajstić information content (AvgIpc) is 2.38. The highest BCUT2D eigenvalue weighted by Gasteiger charge is 2.50. The van der Waals surface area contributed by atoms with Crippen LogP contribution in [0.3, 0.4) is 0 Å². The minimum Gasteiger partial charge on any atom is -0.382 e. The molecule has 21 heavy (non-hydrogen) atoms. The van der Waals surface area contributed by atoms with E-state index in [-0.39, 0.29) is 18.6 Å². The van der Waals surface area contributed by atoms with Gasteiger partial charge in [-0.25, -0.2) is 0 Å². The number of hydrogen-bond donors (Lipinski definition) is 1. The Kier molecular flexibility index (Phi) is 5.40. The van der Waals surface area contributed by atoms with Gasteiger partial charge < -0.3 is 4.18 Å². The second-order valence-corrected chi connectivity index (χ2v) is 8.53. The van der Waals surface area contributed by atoms with Gasteiger partial charge in [0.05, 0.1) is 0 Å². The largest absolute Gasteiger partial charge is 0.382 e. The van der Waals surface area contributed by atoms with Crippen molar-refractivity contribution in [2.24, 2.45) is 0 Å². The molecular formula is C13H20O6S2. The predicted molar refractivity (Wildman–Crippen MR) is 80.3 cm³/mol. The first-order valence-electron chi connectivity index (χ1n) is 6.54. The first-order valence-corrected chi connectivity index (χ1v) is 9.45. The molecule has 0 spiro atoms. The van der Waals surface area contributed by atoms with Crippen LogP contribution in [0.4, 0.5) is 0 Å². The Bertz CT molecular complexity index is 666. The first kappa shape index (κ1) is 17.9. The van der Waals surface area contributed by atoms with Gasteiger partial charge in [-0.3, -0.25) is 4.55 Å². The Labute approximate surface area is 126 Å². The smallest absolute Gasteiger partial charge is 0.313 e. The third-order valence-corrected chi connectivity index (χ3v) is 7.52. The molecule has 1 rings (SSSR count). The van der Waals surface area contributed by atoms with Gasteiger partial charge in [0.1, 0.15) is 15.7 Å². The molecule has 0 bridgehead atoms. The molecule has 6 nitrogen and oxygen atoms in total. The van der Waals surface area contributed by atoms with E-state index in [9.17, 15) is 21.4 Å². The Balaban J connectivity index is 3.25. The molecule has 0 saturated heterocycles. The third kappa shape index (κ3) is 3.75. The highest BCUT2D eigenvalue weighted by Crippen LogP contribution is 2.33. The van der Waals surface area contributed by atoms with Gasteiger partial charge in [0.2, 0.25) is 0 Å². The van der Waals surface area contributed by atoms with E-state index in [0.717, 1.165) is 0 Å². The van der Waals surface area contributed by atoms with Crippen LogP contribution in [-0.4, -0.2) is 31.4 Å². The maximum Gasteiger partial charge on any atom is 0.313 e. The monoisotopic (exact) mass is 336 g/mol. The first-order chi connectivity index (χ1) is 9.58. The van der Waals surface area contributed by atoms with Crippen LogP contribution >= 0.6 is 0 Å². The van der Waals surface area contributed by atoms with Gasteiger partial charge in [-0.1, -0.05) is 32.0 Å². The van der Waals surface area contributed by atoms with Crippen LogP contribution < -0.4 is 4.18 Å². The van der Waals surface area contributed by atoms with Crippen molar-refractivity contribution in [3.63, 3.8) is 0 Å². The molecule has 0 radical (unpaired) electrons. The molecule has 2 unspecified atom stereocenters. The zero-order valence-electron chi connectivity index (χ0n) is 12.2. The quantitative estimate of drug-likeness (QED) is 0.606. The van der Waals surface area contributed by atoms with Gasteiger partial charge in [0.15, 0.2) is 0 Å². The number of hydrogen-bond acceptors (Lipinski definition) is 5. The van der Waals surface area contributed by atoms with Crippen LogP contribution in [0, 0.1) is 0 Å². The van der Waals surface area contributed by atoms with Crippen molar-refractivity contribution in [2.45, 2.75) is 43.6 Å². The van der Waals surface area contributed by atoms with Crippen LogP contribution in [0.5, 0.6) is 5.75 Å². The van der Waals surface area contributed by atoms with Crippen molar-refractivity contribution in [3.05, 3.63) is 30.3 Å². The van der Waals surface area contributed by atoms with E-state index in [1.54, 1.807) is 18.2 Å². The highest BCUT2D eigenvalue weighted by atomic mass is 32.2. The van der Waals surface area contributed by atoms with Gasteiger partial charge in [0.25, 0.3) is 10.1 Å². The molecule has 120 valence electrons. The lowest BCUT2D eigenvalue weighted by molar-refractivity contribution is 0.390. The maximum absolute atomic E-state index is 12.4. The van der Waals surface area contributed by atoms with Gasteiger partial charge in [-0.05, 0) is 31.9 Å². The van der Waals surface area contributed by atoms with Crippen LogP contribution in [0.15, 0.2) is 30.3 Å². The molecule has 0 heterocycles. The van der Waals surface area contributed by atoms with Crippen molar-refractivity contribution in [2.75, 3.05) is 0 Å².